The lowest BCUT2D eigenvalue weighted by Crippen LogP contribution is -2.16. The summed E-state index contributed by atoms with van der Waals surface area (Å²) in [5.74, 6) is -0.216. The molecule has 0 saturated carbocycles. The summed E-state index contributed by atoms with van der Waals surface area (Å²) in [7, 11) is 0. The zero-order valence-electron chi connectivity index (χ0n) is 11.5. The van der Waals surface area contributed by atoms with Gasteiger partial charge in [0, 0.05) is 0 Å². The molecule has 0 amide bonds. The van der Waals surface area contributed by atoms with Crippen LogP contribution in [-0.2, 0) is 6.42 Å². The van der Waals surface area contributed by atoms with Crippen LogP contribution < -0.4 is 4.74 Å². The minimum absolute atomic E-state index is 0.216. The first-order chi connectivity index (χ1) is 9.96. The Hall–Kier alpha value is -2.23. The molecule has 0 atom stereocenters. The molecule has 0 bridgehead atoms. The number of alkyl halides is 3. The second-order valence-corrected chi connectivity index (χ2v) is 4.55. The van der Waals surface area contributed by atoms with Gasteiger partial charge < -0.3 is 4.74 Å². The molecule has 0 aliphatic heterocycles. The van der Waals surface area contributed by atoms with Crippen LogP contribution in [0.1, 0.15) is 23.6 Å². The van der Waals surface area contributed by atoms with E-state index < -0.39 is 6.36 Å². The molecule has 2 aromatic carbocycles. The van der Waals surface area contributed by atoms with E-state index in [9.17, 15) is 13.2 Å². The Balaban J connectivity index is 2.03. The normalized spacial score (nSPS) is 11.8. The van der Waals surface area contributed by atoms with Crippen LogP contribution in [0.2, 0.25) is 0 Å². The average Bonchev–Trinajstić information content (AvgIpc) is 2.45. The lowest BCUT2D eigenvalue weighted by atomic mass is 10.1. The van der Waals surface area contributed by atoms with E-state index in [1.807, 2.05) is 24.3 Å². The number of aryl methyl sites for hydroxylation is 1. The Bertz CT molecular complexity index is 595. The predicted molar refractivity (Wildman–Crippen MR) is 77.9 cm³/mol. The van der Waals surface area contributed by atoms with Crippen molar-refractivity contribution in [2.75, 3.05) is 0 Å². The molecule has 0 aliphatic carbocycles. The summed E-state index contributed by atoms with van der Waals surface area (Å²) in [5.41, 5.74) is 3.12. The van der Waals surface area contributed by atoms with E-state index in [-0.39, 0.29) is 5.75 Å². The number of benzene rings is 2. The standard InChI is InChI=1S/C17H15F3O/c1-2-13-3-5-14(6-4-13)7-8-15-9-11-16(12-10-15)21-17(18,19)20/h3-12H,2H2,1H3. The van der Waals surface area contributed by atoms with Crippen LogP contribution in [0, 0.1) is 0 Å². The topological polar surface area (TPSA) is 9.23 Å². The van der Waals surface area contributed by atoms with Crippen LogP contribution in [0.4, 0.5) is 13.2 Å². The predicted octanol–water partition coefficient (Wildman–Crippen LogP) is 5.32. The highest BCUT2D eigenvalue weighted by molar-refractivity contribution is 5.69. The van der Waals surface area contributed by atoms with Crippen LogP contribution in [0.5, 0.6) is 5.75 Å². The van der Waals surface area contributed by atoms with Gasteiger partial charge in [0.15, 0.2) is 0 Å². The van der Waals surface area contributed by atoms with E-state index in [1.54, 1.807) is 12.1 Å². The molecule has 4 heteroatoms. The second kappa shape index (κ2) is 6.48. The van der Waals surface area contributed by atoms with Gasteiger partial charge in [0.2, 0.25) is 0 Å². The van der Waals surface area contributed by atoms with Gasteiger partial charge in [0.25, 0.3) is 0 Å². The van der Waals surface area contributed by atoms with Crippen molar-refractivity contribution in [1.82, 2.24) is 0 Å². The fourth-order valence-corrected chi connectivity index (χ4v) is 1.84. The maximum absolute atomic E-state index is 12.0. The molecule has 0 N–H and O–H groups in total. The second-order valence-electron chi connectivity index (χ2n) is 4.55. The minimum atomic E-state index is -4.65. The number of ether oxygens (including phenoxy) is 1. The van der Waals surface area contributed by atoms with Crippen LogP contribution in [0.25, 0.3) is 12.2 Å². The molecule has 0 radical (unpaired) electrons. The number of hydrogen-bond acceptors (Lipinski definition) is 1. The average molecular weight is 292 g/mol. The molecule has 0 heterocycles. The highest BCUT2D eigenvalue weighted by atomic mass is 19.4. The molecule has 0 saturated heterocycles. The Morgan fingerprint density at radius 3 is 1.76 bits per heavy atom. The van der Waals surface area contributed by atoms with Gasteiger partial charge in [0.1, 0.15) is 5.75 Å². The van der Waals surface area contributed by atoms with Gasteiger partial charge in [-0.1, -0.05) is 55.5 Å². The molecule has 2 rings (SSSR count). The van der Waals surface area contributed by atoms with Gasteiger partial charge in [-0.05, 0) is 35.2 Å². The lowest BCUT2D eigenvalue weighted by Gasteiger charge is -2.08. The number of hydrogen-bond donors (Lipinski definition) is 0. The Morgan fingerprint density at radius 1 is 0.857 bits per heavy atom. The summed E-state index contributed by atoms with van der Waals surface area (Å²) in [5, 5.41) is 0. The highest BCUT2D eigenvalue weighted by Crippen LogP contribution is 2.23. The summed E-state index contributed by atoms with van der Waals surface area (Å²) in [6, 6.07) is 13.9. The van der Waals surface area contributed by atoms with Crippen LogP contribution in [0.15, 0.2) is 48.5 Å². The summed E-state index contributed by atoms with van der Waals surface area (Å²) in [6.07, 6.45) is 0.0976. The van der Waals surface area contributed by atoms with E-state index in [1.165, 1.54) is 17.7 Å². The SMILES string of the molecule is CCc1ccc(C=Cc2ccc(OC(F)(F)F)cc2)cc1. The van der Waals surface area contributed by atoms with Crippen molar-refractivity contribution in [2.24, 2.45) is 0 Å². The van der Waals surface area contributed by atoms with Crippen molar-refractivity contribution in [1.29, 1.82) is 0 Å². The van der Waals surface area contributed by atoms with Crippen molar-refractivity contribution >= 4 is 12.2 Å². The molecular weight excluding hydrogens is 277 g/mol. The van der Waals surface area contributed by atoms with Gasteiger partial charge in [-0.2, -0.15) is 0 Å². The van der Waals surface area contributed by atoms with Gasteiger partial charge in [0.05, 0.1) is 0 Å². The third kappa shape index (κ3) is 4.99. The molecule has 1 nitrogen and oxygen atoms in total. The van der Waals surface area contributed by atoms with Crippen molar-refractivity contribution in [3.8, 4) is 5.75 Å². The monoisotopic (exact) mass is 292 g/mol. The van der Waals surface area contributed by atoms with Crippen molar-refractivity contribution in [3.63, 3.8) is 0 Å². The van der Waals surface area contributed by atoms with E-state index in [4.69, 9.17) is 0 Å². The molecule has 0 unspecified atom stereocenters. The van der Waals surface area contributed by atoms with Crippen LogP contribution in [-0.4, -0.2) is 6.36 Å². The van der Waals surface area contributed by atoms with Gasteiger partial charge >= 0.3 is 6.36 Å². The minimum Gasteiger partial charge on any atom is -0.406 e. The molecule has 110 valence electrons. The van der Waals surface area contributed by atoms with Crippen LogP contribution >= 0.6 is 0 Å². The quantitative estimate of drug-likeness (QED) is 0.693. The van der Waals surface area contributed by atoms with Crippen LogP contribution in [0.3, 0.4) is 0 Å². The fourth-order valence-electron chi connectivity index (χ4n) is 1.84. The van der Waals surface area contributed by atoms with Gasteiger partial charge in [-0.3, -0.25) is 0 Å². The van der Waals surface area contributed by atoms with Gasteiger partial charge in [-0.25, -0.2) is 0 Å². The molecular formula is C17H15F3O. The van der Waals surface area contributed by atoms with E-state index >= 15 is 0 Å². The van der Waals surface area contributed by atoms with Gasteiger partial charge in [-0.15, -0.1) is 13.2 Å². The van der Waals surface area contributed by atoms with E-state index in [2.05, 4.69) is 23.8 Å². The van der Waals surface area contributed by atoms with Crippen molar-refractivity contribution in [2.45, 2.75) is 19.7 Å². The molecule has 2 aromatic rings. The van der Waals surface area contributed by atoms with E-state index in [0.717, 1.165) is 17.5 Å². The largest absolute Gasteiger partial charge is 0.573 e. The maximum Gasteiger partial charge on any atom is 0.573 e. The zero-order chi connectivity index (χ0) is 15.3. The zero-order valence-corrected chi connectivity index (χ0v) is 11.5. The van der Waals surface area contributed by atoms with E-state index in [0.29, 0.717) is 0 Å². The first kappa shape index (κ1) is 15.2. The first-order valence-corrected chi connectivity index (χ1v) is 6.59. The van der Waals surface area contributed by atoms with Crippen molar-refractivity contribution in [3.05, 3.63) is 65.2 Å². The smallest absolute Gasteiger partial charge is 0.406 e. The maximum atomic E-state index is 12.0. The number of rotatable bonds is 4. The summed E-state index contributed by atoms with van der Waals surface area (Å²) in [4.78, 5) is 0. The highest BCUT2D eigenvalue weighted by Gasteiger charge is 2.30. The fraction of sp³-hybridized carbons (Fsp3) is 0.176. The van der Waals surface area contributed by atoms with Crippen molar-refractivity contribution < 1.29 is 17.9 Å². The number of halogens is 3. The molecule has 21 heavy (non-hydrogen) atoms. The third-order valence-electron chi connectivity index (χ3n) is 2.97. The lowest BCUT2D eigenvalue weighted by molar-refractivity contribution is -0.274. The molecule has 0 aliphatic rings. The Kier molecular flexibility index (Phi) is 4.68. The molecule has 0 fully saturated rings. The summed E-state index contributed by atoms with van der Waals surface area (Å²) in [6.45, 7) is 2.09. The Labute approximate surface area is 121 Å². The Morgan fingerprint density at radius 2 is 1.33 bits per heavy atom. The summed E-state index contributed by atoms with van der Waals surface area (Å²) < 4.78 is 39.9. The molecule has 0 aromatic heterocycles. The summed E-state index contributed by atoms with van der Waals surface area (Å²) >= 11 is 0. The first-order valence-electron chi connectivity index (χ1n) is 6.59. The third-order valence-corrected chi connectivity index (χ3v) is 2.97. The molecule has 0 spiro atoms.